The third kappa shape index (κ3) is 3.14. The average molecular weight is 311 g/mol. The van der Waals surface area contributed by atoms with E-state index < -0.39 is 0 Å². The zero-order valence-electron chi connectivity index (χ0n) is 12.5. The van der Waals surface area contributed by atoms with E-state index in [1.165, 1.54) is 0 Å². The largest absolute Gasteiger partial charge is 0.497 e. The highest BCUT2D eigenvalue weighted by molar-refractivity contribution is 8.14. The van der Waals surface area contributed by atoms with Gasteiger partial charge in [0.1, 0.15) is 5.75 Å². The molecule has 0 amide bonds. The summed E-state index contributed by atoms with van der Waals surface area (Å²) in [6, 6.07) is 16.5. The van der Waals surface area contributed by atoms with Crippen LogP contribution in [-0.2, 0) is 0 Å². The molecular formula is C17H17N3OS. The predicted octanol–water partition coefficient (Wildman–Crippen LogP) is 3.39. The van der Waals surface area contributed by atoms with Crippen molar-refractivity contribution in [3.8, 4) is 16.9 Å². The van der Waals surface area contributed by atoms with Crippen molar-refractivity contribution < 1.29 is 4.74 Å². The van der Waals surface area contributed by atoms with Crippen LogP contribution in [-0.4, -0.2) is 30.8 Å². The van der Waals surface area contributed by atoms with E-state index in [0.29, 0.717) is 0 Å². The normalized spacial score (nSPS) is 14.1. The molecule has 1 aliphatic heterocycles. The maximum Gasteiger partial charge on any atom is 0.183 e. The molecule has 0 atom stereocenters. The first-order valence-electron chi connectivity index (χ1n) is 7.00. The predicted molar refractivity (Wildman–Crippen MR) is 93.9 cm³/mol. The minimum Gasteiger partial charge on any atom is -0.497 e. The van der Waals surface area contributed by atoms with Gasteiger partial charge in [0, 0.05) is 12.8 Å². The maximum atomic E-state index is 5.27. The fraction of sp³-hybridized carbons (Fsp3) is 0.176. The van der Waals surface area contributed by atoms with Gasteiger partial charge < -0.3 is 10.1 Å². The van der Waals surface area contributed by atoms with Crippen LogP contribution in [0.4, 0.5) is 0 Å². The maximum absolute atomic E-state index is 5.27. The number of rotatable bonds is 3. The van der Waals surface area contributed by atoms with E-state index >= 15 is 0 Å². The number of ether oxygens (including phenoxy) is 1. The van der Waals surface area contributed by atoms with Gasteiger partial charge >= 0.3 is 0 Å². The number of methoxy groups -OCH3 is 1. The van der Waals surface area contributed by atoms with Crippen molar-refractivity contribution >= 4 is 22.6 Å². The van der Waals surface area contributed by atoms with E-state index in [9.17, 15) is 0 Å². The molecule has 0 unspecified atom stereocenters. The van der Waals surface area contributed by atoms with Gasteiger partial charge in [-0.3, -0.25) is 0 Å². The Morgan fingerprint density at radius 2 is 1.77 bits per heavy atom. The summed E-state index contributed by atoms with van der Waals surface area (Å²) in [7, 11) is 3.54. The summed E-state index contributed by atoms with van der Waals surface area (Å²) < 4.78 is 5.27. The van der Waals surface area contributed by atoms with Crippen molar-refractivity contribution in [3.63, 3.8) is 0 Å². The Labute approximate surface area is 134 Å². The highest BCUT2D eigenvalue weighted by Gasteiger charge is 2.11. The first-order valence-corrected chi connectivity index (χ1v) is 7.98. The first-order chi connectivity index (χ1) is 10.8. The summed E-state index contributed by atoms with van der Waals surface area (Å²) in [6.07, 6.45) is 0. The number of hydrogen-bond acceptors (Lipinski definition) is 5. The van der Waals surface area contributed by atoms with Gasteiger partial charge in [-0.2, -0.15) is 5.10 Å². The molecule has 3 rings (SSSR count). The van der Waals surface area contributed by atoms with E-state index in [1.807, 2.05) is 25.2 Å². The van der Waals surface area contributed by atoms with Crippen molar-refractivity contribution in [3.05, 3.63) is 54.1 Å². The lowest BCUT2D eigenvalue weighted by atomic mass is 10.0. The van der Waals surface area contributed by atoms with Crippen LogP contribution in [0.25, 0.3) is 11.1 Å². The summed E-state index contributed by atoms with van der Waals surface area (Å²) in [4.78, 5) is 0. The van der Waals surface area contributed by atoms with Gasteiger partial charge in [-0.15, -0.1) is 5.10 Å². The van der Waals surface area contributed by atoms with E-state index in [2.05, 4.69) is 45.9 Å². The second kappa shape index (κ2) is 6.66. The summed E-state index contributed by atoms with van der Waals surface area (Å²) >= 11 is 1.66. The van der Waals surface area contributed by atoms with Crippen LogP contribution >= 0.6 is 11.8 Å². The Kier molecular flexibility index (Phi) is 4.44. The molecule has 0 aromatic heterocycles. The molecule has 112 valence electrons. The van der Waals surface area contributed by atoms with Crippen LogP contribution < -0.4 is 10.1 Å². The van der Waals surface area contributed by atoms with Crippen molar-refractivity contribution in [1.82, 2.24) is 5.32 Å². The first kappa shape index (κ1) is 14.7. The molecule has 1 heterocycles. The minimum atomic E-state index is 0.832. The van der Waals surface area contributed by atoms with Crippen LogP contribution in [0, 0.1) is 0 Å². The lowest BCUT2D eigenvalue weighted by Crippen LogP contribution is -2.20. The molecule has 0 saturated heterocycles. The van der Waals surface area contributed by atoms with Crippen LogP contribution in [0.3, 0.4) is 0 Å². The van der Waals surface area contributed by atoms with Crippen molar-refractivity contribution in [2.24, 2.45) is 10.2 Å². The third-order valence-electron chi connectivity index (χ3n) is 3.44. The topological polar surface area (TPSA) is 46.0 Å². The Bertz CT molecular complexity index is 723. The monoisotopic (exact) mass is 311 g/mol. The van der Waals surface area contributed by atoms with E-state index in [-0.39, 0.29) is 0 Å². The molecule has 5 heteroatoms. The Morgan fingerprint density at radius 3 is 2.41 bits per heavy atom. The van der Waals surface area contributed by atoms with Crippen LogP contribution in [0.1, 0.15) is 5.56 Å². The molecule has 0 radical (unpaired) electrons. The molecule has 0 bridgehead atoms. The molecule has 0 aliphatic carbocycles. The van der Waals surface area contributed by atoms with Gasteiger partial charge in [-0.05, 0) is 28.8 Å². The van der Waals surface area contributed by atoms with Crippen molar-refractivity contribution in [2.75, 3.05) is 19.9 Å². The number of thioether (sulfide) groups is 1. The number of amidine groups is 1. The van der Waals surface area contributed by atoms with Gasteiger partial charge in [-0.1, -0.05) is 48.2 Å². The molecular weight excluding hydrogens is 294 g/mol. The third-order valence-corrected chi connectivity index (χ3v) is 4.42. The molecule has 22 heavy (non-hydrogen) atoms. The number of nitrogens with zero attached hydrogens (tertiary/aromatic N) is 2. The number of hydrogen-bond donors (Lipinski definition) is 1. The van der Waals surface area contributed by atoms with Crippen LogP contribution in [0.2, 0.25) is 0 Å². The van der Waals surface area contributed by atoms with Crippen LogP contribution in [0.15, 0.2) is 58.7 Å². The minimum absolute atomic E-state index is 0.832. The average Bonchev–Trinajstić information content (AvgIpc) is 2.62. The van der Waals surface area contributed by atoms with Gasteiger partial charge in [0.15, 0.2) is 5.17 Å². The SMILES string of the molecule is CNC1=NN=C(c2ccc(-c3cccc(OC)c3)cc2)CS1. The molecule has 0 fully saturated rings. The highest BCUT2D eigenvalue weighted by Crippen LogP contribution is 2.25. The van der Waals surface area contributed by atoms with Crippen LogP contribution in [0.5, 0.6) is 5.75 Å². The van der Waals surface area contributed by atoms with E-state index in [0.717, 1.165) is 39.1 Å². The summed E-state index contributed by atoms with van der Waals surface area (Å²) in [6.45, 7) is 0. The van der Waals surface area contributed by atoms with E-state index in [1.54, 1.807) is 18.9 Å². The number of benzene rings is 2. The van der Waals surface area contributed by atoms with Gasteiger partial charge in [-0.25, -0.2) is 0 Å². The second-order valence-corrected chi connectivity index (χ2v) is 5.76. The molecule has 1 aliphatic rings. The lowest BCUT2D eigenvalue weighted by Gasteiger charge is -2.12. The summed E-state index contributed by atoms with van der Waals surface area (Å²) in [5, 5.41) is 12.3. The summed E-state index contributed by atoms with van der Waals surface area (Å²) in [5.41, 5.74) is 4.41. The molecule has 4 nitrogen and oxygen atoms in total. The highest BCUT2D eigenvalue weighted by atomic mass is 32.2. The van der Waals surface area contributed by atoms with Crippen molar-refractivity contribution in [2.45, 2.75) is 0 Å². The standard InChI is InChI=1S/C17H17N3OS/c1-18-17-20-19-16(11-22-17)13-8-6-12(7-9-13)14-4-3-5-15(10-14)21-2/h3-10H,11H2,1-2H3,(H,18,20). The zero-order chi connectivity index (χ0) is 15.4. The lowest BCUT2D eigenvalue weighted by molar-refractivity contribution is 0.415. The zero-order valence-corrected chi connectivity index (χ0v) is 13.4. The molecule has 1 N–H and O–H groups in total. The van der Waals surface area contributed by atoms with Crippen molar-refractivity contribution in [1.29, 1.82) is 0 Å². The Hall–Kier alpha value is -2.27. The second-order valence-electron chi connectivity index (χ2n) is 4.80. The smallest absolute Gasteiger partial charge is 0.183 e. The van der Waals surface area contributed by atoms with Gasteiger partial charge in [0.25, 0.3) is 0 Å². The van der Waals surface area contributed by atoms with Gasteiger partial charge in [0.2, 0.25) is 0 Å². The fourth-order valence-corrected chi connectivity index (χ4v) is 2.96. The molecule has 2 aromatic carbocycles. The van der Waals surface area contributed by atoms with E-state index in [4.69, 9.17) is 4.74 Å². The molecule has 2 aromatic rings. The Balaban J connectivity index is 1.84. The molecule has 0 saturated carbocycles. The van der Waals surface area contributed by atoms with Gasteiger partial charge in [0.05, 0.1) is 12.8 Å². The summed E-state index contributed by atoms with van der Waals surface area (Å²) in [5.74, 6) is 1.70. The molecule has 0 spiro atoms. The quantitative estimate of drug-likeness (QED) is 0.945. The number of nitrogens with one attached hydrogen (secondary N) is 1. The Morgan fingerprint density at radius 1 is 1.00 bits per heavy atom. The fourth-order valence-electron chi connectivity index (χ4n) is 2.22.